The number of aliphatic hydroxyl groups excluding tert-OH is 1. The molecule has 0 saturated carbocycles. The van der Waals surface area contributed by atoms with Gasteiger partial charge < -0.3 is 5.11 Å². The molecule has 112 valence electrons. The van der Waals surface area contributed by atoms with Crippen molar-refractivity contribution in [1.82, 2.24) is 4.72 Å². The number of sulfonamides is 1. The Bertz CT molecular complexity index is 590. The molecule has 1 aromatic carbocycles. The van der Waals surface area contributed by atoms with Crippen molar-refractivity contribution in [1.29, 1.82) is 0 Å². The maximum atomic E-state index is 13.4. The van der Waals surface area contributed by atoms with Gasteiger partial charge in [0.05, 0.1) is 9.82 Å². The molecule has 0 radical (unpaired) electrons. The molecular formula is C11H15FN2O5S. The van der Waals surface area contributed by atoms with E-state index in [2.05, 4.69) is 4.72 Å². The molecule has 2 N–H and O–H groups in total. The Morgan fingerprint density at radius 2 is 2.15 bits per heavy atom. The fraction of sp³-hybridized carbons (Fsp3) is 0.455. The number of hydrogen-bond donors (Lipinski definition) is 2. The molecule has 0 aliphatic carbocycles. The average Bonchev–Trinajstić information content (AvgIpc) is 2.37. The van der Waals surface area contributed by atoms with Crippen molar-refractivity contribution >= 4 is 15.7 Å². The van der Waals surface area contributed by atoms with Crippen LogP contribution in [-0.2, 0) is 10.0 Å². The molecule has 0 aliphatic heterocycles. The molecule has 0 amide bonds. The van der Waals surface area contributed by atoms with Crippen molar-refractivity contribution in [3.8, 4) is 0 Å². The molecule has 0 spiro atoms. The maximum Gasteiger partial charge on any atom is 0.304 e. The van der Waals surface area contributed by atoms with Crippen LogP contribution in [0.15, 0.2) is 23.1 Å². The summed E-state index contributed by atoms with van der Waals surface area (Å²) in [6.07, 6.45) is 0.681. The quantitative estimate of drug-likeness (QED) is 0.580. The molecule has 0 heterocycles. The summed E-state index contributed by atoms with van der Waals surface area (Å²) in [5, 5.41) is 19.3. The molecule has 0 aromatic heterocycles. The second-order valence-electron chi connectivity index (χ2n) is 4.11. The van der Waals surface area contributed by atoms with Crippen LogP contribution in [-0.4, -0.2) is 31.1 Å². The zero-order chi connectivity index (χ0) is 15.3. The monoisotopic (exact) mass is 306 g/mol. The molecule has 20 heavy (non-hydrogen) atoms. The lowest BCUT2D eigenvalue weighted by Gasteiger charge is -2.15. The Labute approximate surface area is 115 Å². The van der Waals surface area contributed by atoms with E-state index in [1.165, 1.54) is 0 Å². The van der Waals surface area contributed by atoms with Gasteiger partial charge in [-0.05, 0) is 18.9 Å². The number of benzene rings is 1. The summed E-state index contributed by atoms with van der Waals surface area (Å²) in [6.45, 7) is 1.55. The van der Waals surface area contributed by atoms with Crippen LogP contribution in [0, 0.1) is 15.9 Å². The summed E-state index contributed by atoms with van der Waals surface area (Å²) in [7, 11) is -3.98. The fourth-order valence-electron chi connectivity index (χ4n) is 1.59. The third-order valence-electron chi connectivity index (χ3n) is 2.72. The number of rotatable bonds is 7. The fourth-order valence-corrected chi connectivity index (χ4v) is 2.96. The van der Waals surface area contributed by atoms with Gasteiger partial charge in [-0.15, -0.1) is 0 Å². The first-order chi connectivity index (χ1) is 9.31. The first kappa shape index (κ1) is 16.5. The van der Waals surface area contributed by atoms with E-state index in [-0.39, 0.29) is 13.0 Å². The minimum Gasteiger partial charge on any atom is -0.396 e. The Hall–Kier alpha value is -1.58. The second kappa shape index (κ2) is 6.73. The van der Waals surface area contributed by atoms with Gasteiger partial charge in [-0.2, -0.15) is 4.39 Å². The van der Waals surface area contributed by atoms with Gasteiger partial charge in [0, 0.05) is 24.8 Å². The second-order valence-corrected chi connectivity index (χ2v) is 5.82. The zero-order valence-electron chi connectivity index (χ0n) is 10.7. The Kier molecular flexibility index (Phi) is 5.54. The molecule has 0 fully saturated rings. The van der Waals surface area contributed by atoms with Gasteiger partial charge in [0.2, 0.25) is 15.8 Å². The van der Waals surface area contributed by atoms with Crippen molar-refractivity contribution in [2.24, 2.45) is 0 Å². The largest absolute Gasteiger partial charge is 0.396 e. The summed E-state index contributed by atoms with van der Waals surface area (Å²) >= 11 is 0. The third-order valence-corrected chi connectivity index (χ3v) is 4.24. The summed E-state index contributed by atoms with van der Waals surface area (Å²) < 4.78 is 39.7. The van der Waals surface area contributed by atoms with Gasteiger partial charge in [-0.3, -0.25) is 10.1 Å². The van der Waals surface area contributed by atoms with E-state index in [0.29, 0.717) is 12.5 Å². The SMILES string of the molecule is CCC(CCO)NS(=O)(=O)c1ccc([N+](=O)[O-])c(F)c1. The molecule has 0 bridgehead atoms. The van der Waals surface area contributed by atoms with Crippen molar-refractivity contribution in [2.75, 3.05) is 6.61 Å². The van der Waals surface area contributed by atoms with E-state index < -0.39 is 37.4 Å². The highest BCUT2D eigenvalue weighted by Crippen LogP contribution is 2.21. The van der Waals surface area contributed by atoms with E-state index in [0.717, 1.165) is 12.1 Å². The van der Waals surface area contributed by atoms with Crippen LogP contribution in [0.2, 0.25) is 0 Å². The van der Waals surface area contributed by atoms with E-state index in [9.17, 15) is 22.9 Å². The number of nitrogens with zero attached hydrogens (tertiary/aromatic N) is 1. The lowest BCUT2D eigenvalue weighted by atomic mass is 10.2. The maximum absolute atomic E-state index is 13.4. The predicted octanol–water partition coefficient (Wildman–Crippen LogP) is 1.17. The standard InChI is InChI=1S/C11H15FN2O5S/c1-2-8(5-6-15)13-20(18,19)9-3-4-11(14(16)17)10(12)7-9/h3-4,7-8,13,15H,2,5-6H2,1H3. The summed E-state index contributed by atoms with van der Waals surface area (Å²) in [5.41, 5.74) is -0.786. The predicted molar refractivity (Wildman–Crippen MR) is 69.2 cm³/mol. The van der Waals surface area contributed by atoms with Crippen molar-refractivity contribution in [3.63, 3.8) is 0 Å². The third kappa shape index (κ3) is 3.95. The summed E-state index contributed by atoms with van der Waals surface area (Å²) in [5.74, 6) is -1.21. The molecule has 1 aromatic rings. The Morgan fingerprint density at radius 1 is 1.50 bits per heavy atom. The molecule has 1 unspecified atom stereocenters. The van der Waals surface area contributed by atoms with Crippen LogP contribution in [0.3, 0.4) is 0 Å². The molecule has 0 saturated heterocycles. The molecule has 9 heteroatoms. The lowest BCUT2D eigenvalue weighted by Crippen LogP contribution is -2.35. The topological polar surface area (TPSA) is 110 Å². The summed E-state index contributed by atoms with van der Waals surface area (Å²) in [4.78, 5) is 9.14. The van der Waals surface area contributed by atoms with Crippen LogP contribution < -0.4 is 4.72 Å². The highest BCUT2D eigenvalue weighted by Gasteiger charge is 2.22. The first-order valence-corrected chi connectivity index (χ1v) is 7.37. The van der Waals surface area contributed by atoms with E-state index >= 15 is 0 Å². The van der Waals surface area contributed by atoms with Gasteiger partial charge in [-0.1, -0.05) is 6.92 Å². The molecule has 7 nitrogen and oxygen atoms in total. The van der Waals surface area contributed by atoms with Crippen molar-refractivity contribution in [2.45, 2.75) is 30.7 Å². The smallest absolute Gasteiger partial charge is 0.304 e. The number of nitro groups is 1. The number of hydrogen-bond acceptors (Lipinski definition) is 5. The molecule has 1 atom stereocenters. The zero-order valence-corrected chi connectivity index (χ0v) is 11.6. The van der Waals surface area contributed by atoms with Crippen molar-refractivity contribution in [3.05, 3.63) is 34.1 Å². The molecule has 1 rings (SSSR count). The van der Waals surface area contributed by atoms with Gasteiger partial charge in [0.15, 0.2) is 0 Å². The molecule has 0 aliphatic rings. The Balaban J connectivity index is 3.04. The Morgan fingerprint density at radius 3 is 2.60 bits per heavy atom. The number of halogens is 1. The number of aliphatic hydroxyl groups is 1. The van der Waals surface area contributed by atoms with Crippen LogP contribution >= 0.6 is 0 Å². The van der Waals surface area contributed by atoms with Crippen LogP contribution in [0.5, 0.6) is 0 Å². The van der Waals surface area contributed by atoms with Gasteiger partial charge in [0.25, 0.3) is 0 Å². The van der Waals surface area contributed by atoms with E-state index in [1.54, 1.807) is 6.92 Å². The normalized spacial score (nSPS) is 13.2. The number of nitro benzene ring substituents is 1. The van der Waals surface area contributed by atoms with Crippen LogP contribution in [0.25, 0.3) is 0 Å². The van der Waals surface area contributed by atoms with Gasteiger partial charge >= 0.3 is 5.69 Å². The number of nitrogens with one attached hydrogen (secondary N) is 1. The van der Waals surface area contributed by atoms with Crippen molar-refractivity contribution < 1.29 is 22.8 Å². The van der Waals surface area contributed by atoms with Gasteiger partial charge in [-0.25, -0.2) is 13.1 Å². The average molecular weight is 306 g/mol. The highest BCUT2D eigenvalue weighted by atomic mass is 32.2. The minimum atomic E-state index is -3.98. The van der Waals surface area contributed by atoms with Crippen LogP contribution in [0.4, 0.5) is 10.1 Å². The lowest BCUT2D eigenvalue weighted by molar-refractivity contribution is -0.387. The first-order valence-electron chi connectivity index (χ1n) is 5.89. The molecular weight excluding hydrogens is 291 g/mol. The van der Waals surface area contributed by atoms with E-state index in [4.69, 9.17) is 5.11 Å². The highest BCUT2D eigenvalue weighted by molar-refractivity contribution is 7.89. The minimum absolute atomic E-state index is 0.185. The summed E-state index contributed by atoms with van der Waals surface area (Å²) in [6, 6.07) is 1.89. The van der Waals surface area contributed by atoms with Crippen LogP contribution in [0.1, 0.15) is 19.8 Å². The van der Waals surface area contributed by atoms with E-state index in [1.807, 2.05) is 0 Å². The van der Waals surface area contributed by atoms with Gasteiger partial charge in [0.1, 0.15) is 0 Å².